The molecule has 0 unspecified atom stereocenters. The van der Waals surface area contributed by atoms with Gasteiger partial charge in [0.2, 0.25) is 0 Å². The van der Waals surface area contributed by atoms with E-state index in [4.69, 9.17) is 9.84 Å². The van der Waals surface area contributed by atoms with Crippen molar-refractivity contribution in [1.29, 1.82) is 0 Å². The highest BCUT2D eigenvalue weighted by Crippen LogP contribution is 2.22. The van der Waals surface area contributed by atoms with Crippen LogP contribution in [0, 0.1) is 0 Å². The quantitative estimate of drug-likeness (QED) is 0.798. The van der Waals surface area contributed by atoms with E-state index in [0.717, 1.165) is 10.8 Å². The van der Waals surface area contributed by atoms with E-state index in [1.54, 1.807) is 24.3 Å². The van der Waals surface area contributed by atoms with Crippen molar-refractivity contribution in [2.24, 2.45) is 0 Å². The second kappa shape index (κ2) is 4.06. The van der Waals surface area contributed by atoms with Gasteiger partial charge in [-0.05, 0) is 35.0 Å². The molecule has 0 heterocycles. The lowest BCUT2D eigenvalue weighted by Crippen LogP contribution is -1.95. The number of fused-ring (bicyclic) bond motifs is 1. The summed E-state index contributed by atoms with van der Waals surface area (Å²) in [4.78, 5) is 10.8. The number of aromatic carboxylic acids is 1. The first-order valence-corrected chi connectivity index (χ1v) is 4.75. The molecule has 2 aromatic carbocycles. The zero-order valence-electron chi connectivity index (χ0n) is 8.51. The third-order valence-corrected chi connectivity index (χ3v) is 2.28. The van der Waals surface area contributed by atoms with Crippen LogP contribution in [0.1, 0.15) is 10.4 Å². The summed E-state index contributed by atoms with van der Waals surface area (Å²) in [6.07, 6.45) is 1.35. The van der Waals surface area contributed by atoms with E-state index in [2.05, 4.69) is 6.58 Å². The third kappa shape index (κ3) is 1.88. The second-order valence-corrected chi connectivity index (χ2v) is 3.31. The van der Waals surface area contributed by atoms with Crippen LogP contribution in [0.4, 0.5) is 0 Å². The number of benzene rings is 2. The highest BCUT2D eigenvalue weighted by Gasteiger charge is 2.03. The Bertz CT molecular complexity index is 558. The summed E-state index contributed by atoms with van der Waals surface area (Å²) in [5, 5.41) is 10.7. The van der Waals surface area contributed by atoms with Gasteiger partial charge in [-0.15, -0.1) is 0 Å². The van der Waals surface area contributed by atoms with Crippen LogP contribution in [0.15, 0.2) is 49.2 Å². The smallest absolute Gasteiger partial charge is 0.335 e. The normalized spacial score (nSPS) is 10.0. The zero-order valence-corrected chi connectivity index (χ0v) is 8.51. The van der Waals surface area contributed by atoms with Crippen molar-refractivity contribution in [3.05, 3.63) is 54.8 Å². The van der Waals surface area contributed by atoms with Crippen LogP contribution in [-0.4, -0.2) is 11.1 Å². The molecule has 0 radical (unpaired) electrons. The average molecular weight is 214 g/mol. The van der Waals surface area contributed by atoms with Crippen molar-refractivity contribution >= 4 is 16.7 Å². The number of carboxylic acids is 1. The molecule has 3 nitrogen and oxygen atoms in total. The molecule has 0 aliphatic heterocycles. The summed E-state index contributed by atoms with van der Waals surface area (Å²) in [5.41, 5.74) is 0.282. The minimum absolute atomic E-state index is 0.282. The Labute approximate surface area is 92.6 Å². The summed E-state index contributed by atoms with van der Waals surface area (Å²) in [7, 11) is 0. The number of carboxylic acid groups (broad SMARTS) is 1. The van der Waals surface area contributed by atoms with Crippen LogP contribution in [-0.2, 0) is 0 Å². The molecule has 0 aliphatic rings. The van der Waals surface area contributed by atoms with Gasteiger partial charge in [0.05, 0.1) is 11.8 Å². The molecule has 0 atom stereocenters. The Morgan fingerprint density at radius 3 is 2.56 bits per heavy atom. The topological polar surface area (TPSA) is 46.5 Å². The van der Waals surface area contributed by atoms with Crippen molar-refractivity contribution in [3.8, 4) is 5.75 Å². The Kier molecular flexibility index (Phi) is 2.60. The van der Waals surface area contributed by atoms with Crippen LogP contribution in [0.3, 0.4) is 0 Å². The summed E-state index contributed by atoms with van der Waals surface area (Å²) in [5.74, 6) is -0.237. The van der Waals surface area contributed by atoms with Gasteiger partial charge in [-0.3, -0.25) is 0 Å². The highest BCUT2D eigenvalue weighted by molar-refractivity contribution is 5.94. The highest BCUT2D eigenvalue weighted by atomic mass is 16.5. The van der Waals surface area contributed by atoms with Gasteiger partial charge in [-0.25, -0.2) is 4.79 Å². The van der Waals surface area contributed by atoms with E-state index in [0.29, 0.717) is 5.75 Å². The van der Waals surface area contributed by atoms with E-state index in [1.165, 1.54) is 6.26 Å². The largest absolute Gasteiger partial charge is 0.478 e. The maximum Gasteiger partial charge on any atom is 0.335 e. The van der Waals surface area contributed by atoms with Gasteiger partial charge in [-0.1, -0.05) is 18.7 Å². The van der Waals surface area contributed by atoms with Crippen LogP contribution in [0.25, 0.3) is 10.8 Å². The maximum absolute atomic E-state index is 10.8. The van der Waals surface area contributed by atoms with Gasteiger partial charge in [0.15, 0.2) is 0 Å². The van der Waals surface area contributed by atoms with E-state index >= 15 is 0 Å². The average Bonchev–Trinajstić information content (AvgIpc) is 2.28. The predicted octanol–water partition coefficient (Wildman–Crippen LogP) is 3.06. The van der Waals surface area contributed by atoms with Crippen molar-refractivity contribution in [3.63, 3.8) is 0 Å². The van der Waals surface area contributed by atoms with Crippen molar-refractivity contribution in [2.75, 3.05) is 0 Å². The van der Waals surface area contributed by atoms with Gasteiger partial charge < -0.3 is 9.84 Å². The molecule has 0 bridgehead atoms. The molecule has 0 spiro atoms. The van der Waals surface area contributed by atoms with Crippen molar-refractivity contribution < 1.29 is 14.6 Å². The molecule has 2 rings (SSSR count). The van der Waals surface area contributed by atoms with Crippen molar-refractivity contribution in [2.45, 2.75) is 0 Å². The molecule has 0 saturated heterocycles. The second-order valence-electron chi connectivity index (χ2n) is 3.31. The van der Waals surface area contributed by atoms with Crippen LogP contribution >= 0.6 is 0 Å². The van der Waals surface area contributed by atoms with Crippen LogP contribution in [0.5, 0.6) is 5.75 Å². The minimum atomic E-state index is -0.923. The summed E-state index contributed by atoms with van der Waals surface area (Å²) in [6, 6.07) is 10.4. The fourth-order valence-corrected chi connectivity index (χ4v) is 1.53. The Hall–Kier alpha value is -2.29. The molecule has 1 N–H and O–H groups in total. The van der Waals surface area contributed by atoms with E-state index in [1.807, 2.05) is 12.1 Å². The van der Waals surface area contributed by atoms with E-state index in [-0.39, 0.29) is 5.56 Å². The fourth-order valence-electron chi connectivity index (χ4n) is 1.53. The summed E-state index contributed by atoms with van der Waals surface area (Å²) < 4.78 is 5.14. The summed E-state index contributed by atoms with van der Waals surface area (Å²) in [6.45, 7) is 3.47. The SMILES string of the molecule is C=COc1ccc2cc(C(=O)O)ccc2c1. The van der Waals surface area contributed by atoms with Gasteiger partial charge in [0.25, 0.3) is 0 Å². The molecule has 0 aromatic heterocycles. The molecule has 0 amide bonds. The Morgan fingerprint density at radius 1 is 1.19 bits per heavy atom. The number of rotatable bonds is 3. The molecular formula is C13H10O3. The van der Waals surface area contributed by atoms with E-state index in [9.17, 15) is 4.79 Å². The first-order chi connectivity index (χ1) is 7.70. The molecule has 3 heteroatoms. The first kappa shape index (κ1) is 10.2. The molecule has 80 valence electrons. The standard InChI is InChI=1S/C13H10O3/c1-2-16-12-6-5-9-7-11(13(14)15)4-3-10(9)8-12/h2-8H,1H2,(H,14,15). The number of hydrogen-bond acceptors (Lipinski definition) is 2. The number of ether oxygens (including phenoxy) is 1. The lowest BCUT2D eigenvalue weighted by atomic mass is 10.1. The van der Waals surface area contributed by atoms with Crippen LogP contribution in [0.2, 0.25) is 0 Å². The molecule has 0 fully saturated rings. The summed E-state index contributed by atoms with van der Waals surface area (Å²) >= 11 is 0. The van der Waals surface area contributed by atoms with Gasteiger partial charge >= 0.3 is 5.97 Å². The van der Waals surface area contributed by atoms with E-state index < -0.39 is 5.97 Å². The number of hydrogen-bond donors (Lipinski definition) is 1. The predicted molar refractivity (Wildman–Crippen MR) is 61.7 cm³/mol. The lowest BCUT2D eigenvalue weighted by Gasteiger charge is -2.03. The molecule has 0 saturated carbocycles. The zero-order chi connectivity index (χ0) is 11.5. The Morgan fingerprint density at radius 2 is 1.88 bits per heavy atom. The van der Waals surface area contributed by atoms with Gasteiger partial charge in [0.1, 0.15) is 5.75 Å². The molecule has 0 aliphatic carbocycles. The maximum atomic E-state index is 10.8. The fraction of sp³-hybridized carbons (Fsp3) is 0. The molecular weight excluding hydrogens is 204 g/mol. The minimum Gasteiger partial charge on any atom is -0.478 e. The molecule has 2 aromatic rings. The van der Waals surface area contributed by atoms with Crippen molar-refractivity contribution in [1.82, 2.24) is 0 Å². The first-order valence-electron chi connectivity index (χ1n) is 4.75. The molecule has 16 heavy (non-hydrogen) atoms. The van der Waals surface area contributed by atoms with Crippen LogP contribution < -0.4 is 4.74 Å². The lowest BCUT2D eigenvalue weighted by molar-refractivity contribution is 0.0697. The van der Waals surface area contributed by atoms with Gasteiger partial charge in [-0.2, -0.15) is 0 Å². The Balaban J connectivity index is 2.52. The third-order valence-electron chi connectivity index (χ3n) is 2.28. The number of carbonyl (C=O) groups is 1. The van der Waals surface area contributed by atoms with Gasteiger partial charge in [0, 0.05) is 0 Å². The monoisotopic (exact) mass is 214 g/mol.